The van der Waals surface area contributed by atoms with Gasteiger partial charge >= 0.3 is 0 Å². The number of halogens is 1. The van der Waals surface area contributed by atoms with Crippen molar-refractivity contribution in [2.24, 2.45) is 4.99 Å². The summed E-state index contributed by atoms with van der Waals surface area (Å²) < 4.78 is 13.2. The molecule has 0 saturated heterocycles. The molecular weight excluding hydrogens is 229 g/mol. The van der Waals surface area contributed by atoms with Gasteiger partial charge in [0.25, 0.3) is 0 Å². The molecule has 0 aliphatic carbocycles. The van der Waals surface area contributed by atoms with E-state index in [2.05, 4.69) is 15.0 Å². The van der Waals surface area contributed by atoms with Crippen LogP contribution in [0.3, 0.4) is 0 Å². The van der Waals surface area contributed by atoms with E-state index in [-0.39, 0.29) is 5.82 Å². The van der Waals surface area contributed by atoms with Crippen molar-refractivity contribution in [1.29, 1.82) is 0 Å². The molecule has 3 rings (SSSR count). The van der Waals surface area contributed by atoms with Crippen LogP contribution in [0.25, 0.3) is 16.7 Å². The zero-order chi connectivity index (χ0) is 12.5. The first kappa shape index (κ1) is 11.0. The summed E-state index contributed by atoms with van der Waals surface area (Å²) in [5.74, 6) is -0.298. The van der Waals surface area contributed by atoms with Crippen molar-refractivity contribution in [3.63, 3.8) is 0 Å². The van der Waals surface area contributed by atoms with Crippen molar-refractivity contribution in [1.82, 2.24) is 9.97 Å². The largest absolute Gasteiger partial charge is 0.259 e. The Kier molecular flexibility index (Phi) is 2.63. The second kappa shape index (κ2) is 4.29. The highest BCUT2D eigenvalue weighted by Crippen LogP contribution is 2.23. The maximum Gasteiger partial charge on any atom is 0.125 e. The van der Waals surface area contributed by atoms with Gasteiger partial charge in [-0.25, -0.2) is 14.4 Å². The fourth-order valence-corrected chi connectivity index (χ4v) is 2.03. The van der Waals surface area contributed by atoms with Crippen LogP contribution in [0.2, 0.25) is 0 Å². The molecule has 0 radical (unpaired) electrons. The Bertz CT molecular complexity index is 674. The molecule has 90 valence electrons. The van der Waals surface area contributed by atoms with E-state index < -0.39 is 0 Å². The minimum Gasteiger partial charge on any atom is -0.259 e. The van der Waals surface area contributed by atoms with Gasteiger partial charge in [0.2, 0.25) is 0 Å². The molecule has 1 aromatic heterocycles. The maximum absolute atomic E-state index is 13.2. The van der Waals surface area contributed by atoms with Crippen LogP contribution in [0.4, 0.5) is 4.39 Å². The lowest BCUT2D eigenvalue weighted by Gasteiger charge is -2.09. The first-order chi connectivity index (χ1) is 8.74. The van der Waals surface area contributed by atoms with Gasteiger partial charge in [-0.15, -0.1) is 0 Å². The summed E-state index contributed by atoms with van der Waals surface area (Å²) in [5, 5.41) is 0. The van der Waals surface area contributed by atoms with E-state index in [0.717, 1.165) is 29.9 Å². The third kappa shape index (κ3) is 1.90. The molecule has 0 saturated carbocycles. The summed E-state index contributed by atoms with van der Waals surface area (Å²) in [7, 11) is 0. The van der Waals surface area contributed by atoms with Gasteiger partial charge < -0.3 is 0 Å². The summed E-state index contributed by atoms with van der Waals surface area (Å²) in [5.41, 5.74) is 3.66. The lowest BCUT2D eigenvalue weighted by atomic mass is 10.1. The van der Waals surface area contributed by atoms with E-state index in [0.29, 0.717) is 11.0 Å². The van der Waals surface area contributed by atoms with E-state index >= 15 is 0 Å². The molecule has 0 bridgehead atoms. The van der Waals surface area contributed by atoms with Crippen LogP contribution in [0.1, 0.15) is 24.2 Å². The fourth-order valence-electron chi connectivity index (χ4n) is 2.03. The molecule has 0 N–H and O–H groups in total. The second-order valence-corrected chi connectivity index (χ2v) is 4.27. The molecule has 1 aliphatic heterocycles. The Morgan fingerprint density at radius 1 is 1.11 bits per heavy atom. The lowest BCUT2D eigenvalue weighted by Crippen LogP contribution is -1.99. The number of nitrogens with zero attached hydrogens (tertiary/aromatic N) is 3. The van der Waals surface area contributed by atoms with E-state index in [1.165, 1.54) is 12.1 Å². The third-order valence-electron chi connectivity index (χ3n) is 2.91. The number of hydrogen-bond acceptors (Lipinski definition) is 3. The lowest BCUT2D eigenvalue weighted by molar-refractivity contribution is 0.629. The van der Waals surface area contributed by atoms with Crippen LogP contribution < -0.4 is 0 Å². The molecule has 18 heavy (non-hydrogen) atoms. The zero-order valence-electron chi connectivity index (χ0n) is 10.0. The molecule has 0 atom stereocenters. The van der Waals surface area contributed by atoms with E-state index in [1.54, 1.807) is 6.07 Å². The standard InChI is InChI=1S/C14H12FN3/c1-9-14(12-4-2-3-7-16-12)18-13-8-10(15)5-6-11(13)17-9/h4-8H,2-3H2,1H3. The summed E-state index contributed by atoms with van der Waals surface area (Å²) in [6, 6.07) is 4.44. The van der Waals surface area contributed by atoms with Crippen molar-refractivity contribution < 1.29 is 4.39 Å². The fraction of sp³-hybridized carbons (Fsp3) is 0.214. The van der Waals surface area contributed by atoms with E-state index in [1.807, 2.05) is 19.2 Å². The molecule has 1 aromatic carbocycles. The number of hydrogen-bond donors (Lipinski definition) is 0. The highest BCUT2D eigenvalue weighted by Gasteiger charge is 2.11. The van der Waals surface area contributed by atoms with Crippen LogP contribution in [-0.2, 0) is 0 Å². The highest BCUT2D eigenvalue weighted by molar-refractivity contribution is 5.80. The van der Waals surface area contributed by atoms with Gasteiger partial charge in [-0.05, 0) is 31.9 Å². The molecule has 0 unspecified atom stereocenters. The highest BCUT2D eigenvalue weighted by atomic mass is 19.1. The Balaban J connectivity index is 2.20. The van der Waals surface area contributed by atoms with Gasteiger partial charge in [-0.3, -0.25) is 4.99 Å². The molecular formula is C14H12FN3. The molecule has 0 fully saturated rings. The number of benzene rings is 1. The Hall–Kier alpha value is -2.10. The second-order valence-electron chi connectivity index (χ2n) is 4.27. The van der Waals surface area contributed by atoms with Gasteiger partial charge in [0.05, 0.1) is 22.4 Å². The Labute approximate surface area is 104 Å². The van der Waals surface area contributed by atoms with Crippen molar-refractivity contribution in [3.8, 4) is 0 Å². The van der Waals surface area contributed by atoms with Crippen LogP contribution >= 0.6 is 0 Å². The Morgan fingerprint density at radius 2 is 2.00 bits per heavy atom. The smallest absolute Gasteiger partial charge is 0.125 e. The predicted octanol–water partition coefficient (Wildman–Crippen LogP) is 3.28. The number of rotatable bonds is 1. The number of aliphatic imine (C=N–C) groups is 1. The van der Waals surface area contributed by atoms with Gasteiger partial charge in [0.15, 0.2) is 0 Å². The van der Waals surface area contributed by atoms with Crippen LogP contribution in [0.15, 0.2) is 29.3 Å². The minimum atomic E-state index is -0.298. The first-order valence-electron chi connectivity index (χ1n) is 5.91. The summed E-state index contributed by atoms with van der Waals surface area (Å²) in [6.45, 7) is 1.90. The van der Waals surface area contributed by atoms with Crippen molar-refractivity contribution in [2.75, 3.05) is 0 Å². The molecule has 0 spiro atoms. The van der Waals surface area contributed by atoms with Gasteiger partial charge in [-0.2, -0.15) is 0 Å². The van der Waals surface area contributed by atoms with Gasteiger partial charge in [0.1, 0.15) is 11.5 Å². The minimum absolute atomic E-state index is 0.298. The topological polar surface area (TPSA) is 38.1 Å². The zero-order valence-corrected chi connectivity index (χ0v) is 10.0. The predicted molar refractivity (Wildman–Crippen MR) is 69.9 cm³/mol. The molecule has 3 nitrogen and oxygen atoms in total. The summed E-state index contributed by atoms with van der Waals surface area (Å²) >= 11 is 0. The quantitative estimate of drug-likeness (QED) is 0.768. The SMILES string of the molecule is Cc1nc2ccc(F)cc2nc1C1=CCCC=N1. The van der Waals surface area contributed by atoms with Crippen LogP contribution in [0.5, 0.6) is 0 Å². The average molecular weight is 241 g/mol. The number of aryl methyl sites for hydroxylation is 1. The van der Waals surface area contributed by atoms with E-state index in [4.69, 9.17) is 0 Å². The summed E-state index contributed by atoms with van der Waals surface area (Å²) in [4.78, 5) is 13.3. The Morgan fingerprint density at radius 3 is 2.78 bits per heavy atom. The number of aromatic nitrogens is 2. The van der Waals surface area contributed by atoms with Crippen molar-refractivity contribution >= 4 is 22.9 Å². The van der Waals surface area contributed by atoms with Gasteiger partial charge in [0, 0.05) is 12.3 Å². The summed E-state index contributed by atoms with van der Waals surface area (Å²) in [6.07, 6.45) is 5.84. The molecule has 4 heteroatoms. The van der Waals surface area contributed by atoms with Crippen molar-refractivity contribution in [2.45, 2.75) is 19.8 Å². The average Bonchev–Trinajstić information content (AvgIpc) is 2.39. The number of fused-ring (bicyclic) bond motifs is 1. The molecule has 0 amide bonds. The molecule has 2 aromatic rings. The normalized spacial score (nSPS) is 14.9. The van der Waals surface area contributed by atoms with E-state index in [9.17, 15) is 4.39 Å². The number of allylic oxidation sites excluding steroid dienone is 1. The monoisotopic (exact) mass is 241 g/mol. The van der Waals surface area contributed by atoms with Crippen LogP contribution in [0, 0.1) is 12.7 Å². The van der Waals surface area contributed by atoms with Gasteiger partial charge in [-0.1, -0.05) is 6.08 Å². The third-order valence-corrected chi connectivity index (χ3v) is 2.91. The van der Waals surface area contributed by atoms with Crippen LogP contribution in [-0.4, -0.2) is 16.2 Å². The molecule has 1 aliphatic rings. The first-order valence-corrected chi connectivity index (χ1v) is 5.91. The maximum atomic E-state index is 13.2. The molecule has 2 heterocycles. The van der Waals surface area contributed by atoms with Crippen molar-refractivity contribution in [3.05, 3.63) is 41.5 Å².